The van der Waals surface area contributed by atoms with Crippen LogP contribution in [-0.4, -0.2) is 27.0 Å². The Morgan fingerprint density at radius 3 is 2.49 bits per heavy atom. The number of rotatable bonds is 10. The van der Waals surface area contributed by atoms with Gasteiger partial charge in [0.15, 0.2) is 0 Å². The van der Waals surface area contributed by atoms with E-state index in [0.717, 1.165) is 35.4 Å². The molecule has 1 aliphatic carbocycles. The molecule has 0 radical (unpaired) electrons. The second kappa shape index (κ2) is 13.0. The molecule has 0 bridgehead atoms. The van der Waals surface area contributed by atoms with Gasteiger partial charge in [0.05, 0.1) is 29.1 Å². The first-order chi connectivity index (χ1) is 20.5. The molecule has 2 unspecified atom stereocenters. The number of halogens is 4. The van der Waals surface area contributed by atoms with Crippen LogP contribution in [0.2, 0.25) is 0 Å². The Labute approximate surface area is 248 Å². The van der Waals surface area contributed by atoms with Crippen LogP contribution >= 0.6 is 0 Å². The van der Waals surface area contributed by atoms with Crippen molar-refractivity contribution < 1.29 is 35.5 Å². The van der Waals surface area contributed by atoms with Crippen molar-refractivity contribution in [1.82, 2.24) is 15.4 Å². The van der Waals surface area contributed by atoms with E-state index in [1.165, 1.54) is 43.9 Å². The lowest BCUT2D eigenvalue weighted by molar-refractivity contribution is -0.137. The molecule has 12 heteroatoms. The largest absolute Gasteiger partial charge is 0.493 e. The van der Waals surface area contributed by atoms with Crippen molar-refractivity contribution in [3.05, 3.63) is 94.8 Å². The third-order valence-electron chi connectivity index (χ3n) is 7.81. The molecule has 1 heterocycles. The molecule has 230 valence electrons. The number of amides is 1. The van der Waals surface area contributed by atoms with Gasteiger partial charge >= 0.3 is 6.18 Å². The van der Waals surface area contributed by atoms with Crippen molar-refractivity contribution >= 4 is 15.9 Å². The fourth-order valence-corrected chi connectivity index (χ4v) is 6.84. The summed E-state index contributed by atoms with van der Waals surface area (Å²) in [5, 5.41) is 6.50. The van der Waals surface area contributed by atoms with Crippen LogP contribution in [0, 0.1) is 5.82 Å². The predicted molar refractivity (Wildman–Crippen MR) is 152 cm³/mol. The minimum Gasteiger partial charge on any atom is -0.493 e. The van der Waals surface area contributed by atoms with Gasteiger partial charge in [0.25, 0.3) is 0 Å². The maximum Gasteiger partial charge on any atom is 0.416 e. The highest BCUT2D eigenvalue weighted by atomic mass is 32.2. The van der Waals surface area contributed by atoms with E-state index in [1.54, 1.807) is 0 Å². The summed E-state index contributed by atoms with van der Waals surface area (Å²) in [5.74, 6) is -0.516. The lowest BCUT2D eigenvalue weighted by Gasteiger charge is -2.28. The molecule has 0 saturated heterocycles. The first-order valence-corrected chi connectivity index (χ1v) is 15.7. The number of alkyl halides is 3. The molecule has 1 amide bonds. The molecule has 3 aromatic carbocycles. The zero-order valence-electron chi connectivity index (χ0n) is 23.3. The van der Waals surface area contributed by atoms with Crippen LogP contribution in [0.1, 0.15) is 72.9 Å². The van der Waals surface area contributed by atoms with Crippen molar-refractivity contribution in [3.63, 3.8) is 0 Å². The van der Waals surface area contributed by atoms with Crippen LogP contribution in [0.25, 0.3) is 0 Å². The molecule has 7 nitrogen and oxygen atoms in total. The summed E-state index contributed by atoms with van der Waals surface area (Å²) >= 11 is 0. The number of fused-ring (bicyclic) bond motifs is 1. The Morgan fingerprint density at radius 1 is 0.977 bits per heavy atom. The van der Waals surface area contributed by atoms with Gasteiger partial charge in [-0.25, -0.2) is 17.5 Å². The van der Waals surface area contributed by atoms with Gasteiger partial charge in [-0.05, 0) is 60.4 Å². The van der Waals surface area contributed by atoms with E-state index in [4.69, 9.17) is 4.74 Å². The number of nitrogens with one attached hydrogen (secondary N) is 3. The first-order valence-electron chi connectivity index (χ1n) is 14.2. The van der Waals surface area contributed by atoms with E-state index in [1.807, 2.05) is 18.2 Å². The van der Waals surface area contributed by atoms with Crippen LogP contribution in [0.5, 0.6) is 5.75 Å². The summed E-state index contributed by atoms with van der Waals surface area (Å²) in [4.78, 5) is 12.7. The molecule has 0 aromatic heterocycles. The SMILES string of the molecule is O=C(CC(NS(=O)(=O)c1cccc(C(F)(F)F)c1)c1cccc(F)c1)NC1CCOc2cc(CNC3CCCC3)ccc21. The van der Waals surface area contributed by atoms with Crippen LogP contribution in [0.15, 0.2) is 71.6 Å². The molecular formula is C31H33F4N3O4S. The Bertz CT molecular complexity index is 1560. The average Bonchev–Trinajstić information content (AvgIpc) is 3.49. The third kappa shape index (κ3) is 7.92. The lowest BCUT2D eigenvalue weighted by Crippen LogP contribution is -2.36. The van der Waals surface area contributed by atoms with Gasteiger partial charge in [0.2, 0.25) is 15.9 Å². The Morgan fingerprint density at radius 2 is 1.74 bits per heavy atom. The quantitative estimate of drug-likeness (QED) is 0.245. The Hall–Kier alpha value is -3.48. The summed E-state index contributed by atoms with van der Waals surface area (Å²) < 4.78 is 88.3. The van der Waals surface area contributed by atoms with Crippen LogP contribution < -0.4 is 20.1 Å². The molecule has 3 aromatic rings. The average molecular weight is 620 g/mol. The van der Waals surface area contributed by atoms with Gasteiger partial charge < -0.3 is 15.4 Å². The summed E-state index contributed by atoms with van der Waals surface area (Å²) in [5.41, 5.74) is 0.868. The van der Waals surface area contributed by atoms with Gasteiger partial charge in [-0.2, -0.15) is 13.2 Å². The Kier molecular flexibility index (Phi) is 9.38. The first kappa shape index (κ1) is 31.0. The number of carbonyl (C=O) groups excluding carboxylic acids is 1. The highest BCUT2D eigenvalue weighted by Crippen LogP contribution is 2.34. The normalized spacial score (nSPS) is 18.1. The smallest absolute Gasteiger partial charge is 0.416 e. The number of sulfonamides is 1. The van der Waals surface area contributed by atoms with E-state index < -0.39 is 56.9 Å². The van der Waals surface area contributed by atoms with Crippen molar-refractivity contribution in [3.8, 4) is 5.75 Å². The van der Waals surface area contributed by atoms with Crippen molar-refractivity contribution in [2.75, 3.05) is 6.61 Å². The minimum atomic E-state index is -4.75. The number of carbonyl (C=O) groups is 1. The lowest BCUT2D eigenvalue weighted by atomic mass is 9.97. The standard InChI is InChI=1S/C31H33F4N3O4S/c32-23-7-3-5-21(16-23)28(38-43(40,41)25-10-4-6-22(17-25)31(33,34)35)18-30(39)37-27-13-14-42-29-15-20(11-12-26(27)29)19-36-24-8-1-2-9-24/h3-7,10-12,15-17,24,27-28,36,38H,1-2,8-9,13-14,18-19H2,(H,37,39). The zero-order chi connectivity index (χ0) is 30.6. The van der Waals surface area contributed by atoms with Crippen molar-refractivity contribution in [2.45, 2.75) is 74.3 Å². The van der Waals surface area contributed by atoms with Crippen LogP contribution in [-0.2, 0) is 27.5 Å². The Balaban J connectivity index is 1.31. The van der Waals surface area contributed by atoms with E-state index in [2.05, 4.69) is 15.4 Å². The van der Waals surface area contributed by atoms with E-state index in [0.29, 0.717) is 37.4 Å². The molecular weight excluding hydrogens is 586 g/mol. The minimum absolute atomic E-state index is 0.150. The van der Waals surface area contributed by atoms with Gasteiger partial charge in [-0.3, -0.25) is 4.79 Å². The van der Waals surface area contributed by atoms with Crippen LogP contribution in [0.3, 0.4) is 0 Å². The topological polar surface area (TPSA) is 96.5 Å². The molecule has 2 atom stereocenters. The van der Waals surface area contributed by atoms with Crippen LogP contribution in [0.4, 0.5) is 17.6 Å². The van der Waals surface area contributed by atoms with E-state index in [9.17, 15) is 30.8 Å². The highest BCUT2D eigenvalue weighted by Gasteiger charge is 2.33. The van der Waals surface area contributed by atoms with Gasteiger partial charge in [0.1, 0.15) is 11.6 Å². The molecule has 1 saturated carbocycles. The molecule has 5 rings (SSSR count). The molecule has 43 heavy (non-hydrogen) atoms. The van der Waals surface area contributed by atoms with Crippen molar-refractivity contribution in [2.24, 2.45) is 0 Å². The second-order valence-corrected chi connectivity index (χ2v) is 12.7. The summed E-state index contributed by atoms with van der Waals surface area (Å²) in [6.07, 6.45) is 0.125. The zero-order valence-corrected chi connectivity index (χ0v) is 24.1. The molecule has 1 fully saturated rings. The fourth-order valence-electron chi connectivity index (χ4n) is 5.57. The summed E-state index contributed by atoms with van der Waals surface area (Å²) in [6, 6.07) is 13.0. The van der Waals surface area contributed by atoms with Gasteiger partial charge in [-0.1, -0.05) is 43.2 Å². The summed E-state index contributed by atoms with van der Waals surface area (Å²) in [6.45, 7) is 1.08. The number of hydrogen-bond acceptors (Lipinski definition) is 5. The predicted octanol–water partition coefficient (Wildman–Crippen LogP) is 5.93. The third-order valence-corrected chi connectivity index (χ3v) is 9.28. The van der Waals surface area contributed by atoms with Gasteiger partial charge in [-0.15, -0.1) is 0 Å². The molecule has 1 aliphatic heterocycles. The maximum atomic E-state index is 14.1. The molecule has 0 spiro atoms. The maximum absolute atomic E-state index is 14.1. The van der Waals surface area contributed by atoms with Gasteiger partial charge in [0, 0.05) is 31.0 Å². The fraction of sp³-hybridized carbons (Fsp3) is 0.387. The molecule has 2 aliphatic rings. The van der Waals surface area contributed by atoms with E-state index >= 15 is 0 Å². The number of hydrogen-bond donors (Lipinski definition) is 3. The van der Waals surface area contributed by atoms with Crippen molar-refractivity contribution in [1.29, 1.82) is 0 Å². The summed E-state index contributed by atoms with van der Waals surface area (Å²) in [7, 11) is -4.53. The molecule has 3 N–H and O–H groups in total. The monoisotopic (exact) mass is 619 g/mol. The van der Waals surface area contributed by atoms with E-state index in [-0.39, 0.29) is 5.56 Å². The number of benzene rings is 3. The second-order valence-electron chi connectivity index (χ2n) is 11.0. The highest BCUT2D eigenvalue weighted by molar-refractivity contribution is 7.89. The number of ether oxygens (including phenoxy) is 1.